The number of aromatic nitrogens is 1. The first-order valence-electron chi connectivity index (χ1n) is 9.74. The molecule has 1 amide bonds. The lowest BCUT2D eigenvalue weighted by Crippen LogP contribution is -2.29. The number of nitrogens with zero attached hydrogens (tertiary/aromatic N) is 2. The van der Waals surface area contributed by atoms with E-state index in [1.54, 1.807) is 35.2 Å². The summed E-state index contributed by atoms with van der Waals surface area (Å²) in [6.07, 6.45) is 0.180. The Bertz CT molecular complexity index is 1430. The van der Waals surface area contributed by atoms with Gasteiger partial charge in [-0.15, -0.1) is 0 Å². The molecule has 0 saturated carbocycles. The standard InChI is InChI=1S/C24H16FN3O3/c25-19-7-3-4-15(12-26)18(19)11-21-16-5-1-2-6-17(16)23(29)28(21)13-14-8-9-20-22(10-14)31-24(30)27-20/h1-10,21H,11,13H2,(H,27,30)/t21-/m1/s1. The van der Waals surface area contributed by atoms with E-state index in [1.807, 2.05) is 24.3 Å². The number of rotatable bonds is 4. The Labute approximate surface area is 176 Å². The monoisotopic (exact) mass is 413 g/mol. The molecule has 1 aromatic heterocycles. The molecule has 0 fully saturated rings. The van der Waals surface area contributed by atoms with E-state index < -0.39 is 17.6 Å². The largest absolute Gasteiger partial charge is 0.417 e. The summed E-state index contributed by atoms with van der Waals surface area (Å²) >= 11 is 0. The fourth-order valence-electron chi connectivity index (χ4n) is 4.20. The fraction of sp³-hybridized carbons (Fsp3) is 0.125. The third kappa shape index (κ3) is 3.19. The van der Waals surface area contributed by atoms with E-state index in [-0.39, 0.29) is 30.0 Å². The van der Waals surface area contributed by atoms with Gasteiger partial charge in [-0.1, -0.05) is 30.3 Å². The first-order chi connectivity index (χ1) is 15.0. The van der Waals surface area contributed by atoms with Gasteiger partial charge < -0.3 is 9.32 Å². The van der Waals surface area contributed by atoms with Crippen LogP contribution in [0.15, 0.2) is 69.9 Å². The van der Waals surface area contributed by atoms with Gasteiger partial charge >= 0.3 is 5.76 Å². The average Bonchev–Trinajstić information content (AvgIpc) is 3.27. The molecule has 0 saturated heterocycles. The molecule has 4 aromatic rings. The quantitative estimate of drug-likeness (QED) is 0.546. The van der Waals surface area contributed by atoms with Crippen LogP contribution in [0.2, 0.25) is 0 Å². The Morgan fingerprint density at radius 1 is 1.10 bits per heavy atom. The number of nitriles is 1. The molecular formula is C24H16FN3O3. The Morgan fingerprint density at radius 2 is 1.94 bits per heavy atom. The highest BCUT2D eigenvalue weighted by atomic mass is 19.1. The molecule has 6 nitrogen and oxygen atoms in total. The Kier molecular flexibility index (Phi) is 4.41. The minimum absolute atomic E-state index is 0.161. The number of carbonyl (C=O) groups is 1. The Balaban J connectivity index is 1.55. The van der Waals surface area contributed by atoms with Gasteiger partial charge in [0.05, 0.1) is 23.2 Å². The zero-order chi connectivity index (χ0) is 21.5. The number of H-pyrrole nitrogens is 1. The summed E-state index contributed by atoms with van der Waals surface area (Å²) < 4.78 is 19.7. The van der Waals surface area contributed by atoms with Gasteiger partial charge in [0.2, 0.25) is 0 Å². The molecule has 152 valence electrons. The number of benzene rings is 3. The van der Waals surface area contributed by atoms with E-state index >= 15 is 0 Å². The lowest BCUT2D eigenvalue weighted by Gasteiger charge is -2.26. The Morgan fingerprint density at radius 3 is 2.77 bits per heavy atom. The van der Waals surface area contributed by atoms with Gasteiger partial charge in [0.1, 0.15) is 5.82 Å². The van der Waals surface area contributed by atoms with Crippen molar-refractivity contribution in [1.29, 1.82) is 5.26 Å². The normalized spacial score (nSPS) is 15.3. The number of amides is 1. The van der Waals surface area contributed by atoms with Crippen molar-refractivity contribution in [2.24, 2.45) is 0 Å². The van der Waals surface area contributed by atoms with Crippen LogP contribution in [-0.4, -0.2) is 15.8 Å². The lowest BCUT2D eigenvalue weighted by atomic mass is 9.95. The van der Waals surface area contributed by atoms with Crippen molar-refractivity contribution in [1.82, 2.24) is 9.88 Å². The van der Waals surface area contributed by atoms with Crippen LogP contribution in [0.1, 0.15) is 38.7 Å². The maximum Gasteiger partial charge on any atom is 0.417 e. The van der Waals surface area contributed by atoms with Crippen molar-refractivity contribution in [3.63, 3.8) is 0 Å². The number of hydrogen-bond donors (Lipinski definition) is 1. The molecule has 1 N–H and O–H groups in total. The fourth-order valence-corrected chi connectivity index (χ4v) is 4.20. The predicted molar refractivity (Wildman–Crippen MR) is 111 cm³/mol. The van der Waals surface area contributed by atoms with Crippen LogP contribution in [0.4, 0.5) is 4.39 Å². The summed E-state index contributed by atoms with van der Waals surface area (Å²) in [6.45, 7) is 0.249. The Hall–Kier alpha value is -4.18. The number of halogens is 1. The summed E-state index contributed by atoms with van der Waals surface area (Å²) in [7, 11) is 0. The second-order valence-electron chi connectivity index (χ2n) is 7.46. The molecule has 7 heteroatoms. The van der Waals surface area contributed by atoms with E-state index in [4.69, 9.17) is 4.42 Å². The van der Waals surface area contributed by atoms with Crippen molar-refractivity contribution in [3.05, 3.63) is 105 Å². The highest BCUT2D eigenvalue weighted by molar-refractivity contribution is 5.99. The van der Waals surface area contributed by atoms with Crippen molar-refractivity contribution < 1.29 is 13.6 Å². The number of nitrogens with one attached hydrogen (secondary N) is 1. The minimum atomic E-state index is -0.543. The SMILES string of the molecule is N#Cc1cccc(F)c1C[C@@H]1c2ccccc2C(=O)N1Cc1ccc2[nH]c(=O)oc2c1. The molecule has 1 aliphatic rings. The van der Waals surface area contributed by atoms with Gasteiger partial charge in [-0.05, 0) is 41.5 Å². The maximum absolute atomic E-state index is 14.6. The third-order valence-electron chi connectivity index (χ3n) is 5.66. The summed E-state index contributed by atoms with van der Waals surface area (Å²) in [5.41, 5.74) is 3.67. The summed E-state index contributed by atoms with van der Waals surface area (Å²) in [4.78, 5) is 28.9. The molecule has 0 unspecified atom stereocenters. The van der Waals surface area contributed by atoms with Gasteiger partial charge in [-0.2, -0.15) is 5.26 Å². The molecule has 5 rings (SSSR count). The van der Waals surface area contributed by atoms with Crippen LogP contribution in [0.3, 0.4) is 0 Å². The highest BCUT2D eigenvalue weighted by Crippen LogP contribution is 2.38. The van der Waals surface area contributed by atoms with E-state index in [2.05, 4.69) is 4.98 Å². The van der Waals surface area contributed by atoms with Crippen LogP contribution >= 0.6 is 0 Å². The second-order valence-corrected chi connectivity index (χ2v) is 7.46. The van der Waals surface area contributed by atoms with Crippen molar-refractivity contribution in [2.75, 3.05) is 0 Å². The molecule has 2 heterocycles. The first-order valence-corrected chi connectivity index (χ1v) is 9.74. The lowest BCUT2D eigenvalue weighted by molar-refractivity contribution is 0.0708. The topological polar surface area (TPSA) is 90.1 Å². The zero-order valence-electron chi connectivity index (χ0n) is 16.3. The minimum Gasteiger partial charge on any atom is -0.408 e. The van der Waals surface area contributed by atoms with Crippen LogP contribution in [0, 0.1) is 17.1 Å². The summed E-state index contributed by atoms with van der Waals surface area (Å²) in [6, 6.07) is 18.5. The first kappa shape index (κ1) is 18.8. The molecule has 0 spiro atoms. The third-order valence-corrected chi connectivity index (χ3v) is 5.66. The molecule has 3 aromatic carbocycles. The smallest absolute Gasteiger partial charge is 0.408 e. The van der Waals surface area contributed by atoms with E-state index in [1.165, 1.54) is 12.1 Å². The highest BCUT2D eigenvalue weighted by Gasteiger charge is 2.37. The van der Waals surface area contributed by atoms with Crippen LogP contribution in [0.5, 0.6) is 0 Å². The van der Waals surface area contributed by atoms with Crippen LogP contribution < -0.4 is 5.76 Å². The van der Waals surface area contributed by atoms with Crippen molar-refractivity contribution >= 4 is 17.0 Å². The van der Waals surface area contributed by atoms with Crippen molar-refractivity contribution in [2.45, 2.75) is 19.0 Å². The average molecular weight is 413 g/mol. The van der Waals surface area contributed by atoms with Crippen LogP contribution in [0.25, 0.3) is 11.1 Å². The molecule has 0 bridgehead atoms. The van der Waals surface area contributed by atoms with Crippen molar-refractivity contribution in [3.8, 4) is 6.07 Å². The molecule has 31 heavy (non-hydrogen) atoms. The van der Waals surface area contributed by atoms with E-state index in [0.717, 1.165) is 11.1 Å². The second kappa shape index (κ2) is 7.26. The number of hydrogen-bond acceptors (Lipinski definition) is 4. The molecule has 1 aliphatic heterocycles. The summed E-state index contributed by atoms with van der Waals surface area (Å²) in [5.74, 6) is -1.17. The van der Waals surface area contributed by atoms with E-state index in [0.29, 0.717) is 16.7 Å². The molecular weight excluding hydrogens is 397 g/mol. The number of fused-ring (bicyclic) bond motifs is 2. The van der Waals surface area contributed by atoms with Gasteiger partial charge in [0, 0.05) is 24.1 Å². The number of carbonyl (C=O) groups excluding carboxylic acids is 1. The molecule has 0 aliphatic carbocycles. The predicted octanol–water partition coefficient (Wildman–Crippen LogP) is 4.07. The zero-order valence-corrected chi connectivity index (χ0v) is 16.3. The maximum atomic E-state index is 14.6. The summed E-state index contributed by atoms with van der Waals surface area (Å²) in [5, 5.41) is 9.43. The van der Waals surface area contributed by atoms with Gasteiger partial charge in [0.25, 0.3) is 5.91 Å². The van der Waals surface area contributed by atoms with Crippen LogP contribution in [-0.2, 0) is 13.0 Å². The van der Waals surface area contributed by atoms with Gasteiger partial charge in [0.15, 0.2) is 5.58 Å². The molecule has 1 atom stereocenters. The number of aromatic amines is 1. The van der Waals surface area contributed by atoms with Gasteiger partial charge in [-0.25, -0.2) is 9.18 Å². The van der Waals surface area contributed by atoms with E-state index in [9.17, 15) is 19.2 Å². The van der Waals surface area contributed by atoms with Gasteiger partial charge in [-0.3, -0.25) is 9.78 Å². The molecule has 0 radical (unpaired) electrons. The number of oxazole rings is 1.